The van der Waals surface area contributed by atoms with Crippen molar-refractivity contribution < 1.29 is 28.2 Å². The predicted octanol–water partition coefficient (Wildman–Crippen LogP) is 1.28. The summed E-state index contributed by atoms with van der Waals surface area (Å²) in [5.74, 6) is -2.90. The van der Waals surface area contributed by atoms with Crippen molar-refractivity contribution in [2.24, 2.45) is 0 Å². The number of halogens is 1. The Morgan fingerprint density at radius 2 is 1.83 bits per heavy atom. The molecular formula is C10H9ClO6S. The van der Waals surface area contributed by atoms with Gasteiger partial charge in [-0.05, 0) is 25.1 Å². The molecule has 0 aliphatic heterocycles. The highest BCUT2D eigenvalue weighted by atomic mass is 35.5. The maximum atomic E-state index is 11.8. The van der Waals surface area contributed by atoms with Crippen LogP contribution >= 0.6 is 11.6 Å². The molecule has 0 fully saturated rings. The number of carboxylic acid groups (broad SMARTS) is 2. The first kappa shape index (κ1) is 14.5. The van der Waals surface area contributed by atoms with Gasteiger partial charge in [-0.2, -0.15) is 0 Å². The number of sulfone groups is 1. The molecule has 0 radical (unpaired) electrons. The van der Waals surface area contributed by atoms with Crippen LogP contribution in [0, 0.1) is 0 Å². The molecule has 0 saturated carbocycles. The first-order valence-corrected chi connectivity index (χ1v) is 6.60. The zero-order chi connectivity index (χ0) is 14.1. The lowest BCUT2D eigenvalue weighted by molar-refractivity contribution is -0.136. The first-order chi connectivity index (χ1) is 8.17. The third kappa shape index (κ3) is 2.62. The third-order valence-electron chi connectivity index (χ3n) is 2.31. The Hall–Kier alpha value is -1.60. The van der Waals surface area contributed by atoms with Gasteiger partial charge in [-0.15, -0.1) is 0 Å². The van der Waals surface area contributed by atoms with Gasteiger partial charge in [0.05, 0.1) is 15.5 Å². The van der Waals surface area contributed by atoms with Gasteiger partial charge in [0.1, 0.15) is 0 Å². The Labute approximate surface area is 108 Å². The summed E-state index contributed by atoms with van der Waals surface area (Å²) in [5, 5.41) is 15.7. The molecule has 0 saturated heterocycles. The van der Waals surface area contributed by atoms with E-state index >= 15 is 0 Å². The molecule has 0 spiro atoms. The van der Waals surface area contributed by atoms with Crippen molar-refractivity contribution in [1.82, 2.24) is 0 Å². The summed E-state index contributed by atoms with van der Waals surface area (Å²) in [4.78, 5) is 21.1. The number of rotatable bonds is 4. The lowest BCUT2D eigenvalue weighted by atomic mass is 10.2. The molecule has 1 atom stereocenters. The highest BCUT2D eigenvalue weighted by molar-refractivity contribution is 7.92. The van der Waals surface area contributed by atoms with Crippen molar-refractivity contribution >= 4 is 33.4 Å². The van der Waals surface area contributed by atoms with E-state index in [0.717, 1.165) is 25.1 Å². The van der Waals surface area contributed by atoms with Gasteiger partial charge >= 0.3 is 11.9 Å². The SMILES string of the molecule is CC(C(=O)O)S(=O)(=O)c1ccc(Cl)c(C(=O)O)c1. The second kappa shape index (κ2) is 4.95. The van der Waals surface area contributed by atoms with Crippen LogP contribution in [-0.2, 0) is 14.6 Å². The number of hydrogen-bond acceptors (Lipinski definition) is 4. The Morgan fingerprint density at radius 3 is 2.28 bits per heavy atom. The van der Waals surface area contributed by atoms with Crippen LogP contribution in [0.2, 0.25) is 5.02 Å². The average Bonchev–Trinajstić information content (AvgIpc) is 2.27. The van der Waals surface area contributed by atoms with Crippen LogP contribution in [0.25, 0.3) is 0 Å². The van der Waals surface area contributed by atoms with E-state index in [4.69, 9.17) is 21.8 Å². The molecule has 0 bridgehead atoms. The third-order valence-corrected chi connectivity index (χ3v) is 4.68. The van der Waals surface area contributed by atoms with Gasteiger partial charge in [0, 0.05) is 0 Å². The second-order valence-corrected chi connectivity index (χ2v) is 6.15. The van der Waals surface area contributed by atoms with Crippen molar-refractivity contribution in [1.29, 1.82) is 0 Å². The minimum atomic E-state index is -4.13. The van der Waals surface area contributed by atoms with Crippen LogP contribution in [0.1, 0.15) is 17.3 Å². The molecule has 98 valence electrons. The fourth-order valence-corrected chi connectivity index (χ4v) is 2.59. The lowest BCUT2D eigenvalue weighted by Gasteiger charge is -2.09. The highest BCUT2D eigenvalue weighted by Gasteiger charge is 2.30. The molecule has 1 aromatic carbocycles. The minimum Gasteiger partial charge on any atom is -0.480 e. The highest BCUT2D eigenvalue weighted by Crippen LogP contribution is 2.23. The molecule has 0 aliphatic carbocycles. The summed E-state index contributed by atoms with van der Waals surface area (Å²) in [6, 6.07) is 3.02. The molecule has 1 rings (SSSR count). The molecular weight excluding hydrogens is 284 g/mol. The van der Waals surface area contributed by atoms with E-state index in [2.05, 4.69) is 0 Å². The number of aliphatic carboxylic acids is 1. The van der Waals surface area contributed by atoms with Crippen LogP contribution in [-0.4, -0.2) is 35.8 Å². The Balaban J connectivity index is 3.39. The Kier molecular flexibility index (Phi) is 3.98. The number of carboxylic acids is 2. The van der Waals surface area contributed by atoms with Crippen molar-refractivity contribution in [3.8, 4) is 0 Å². The number of carbonyl (C=O) groups is 2. The molecule has 8 heteroatoms. The van der Waals surface area contributed by atoms with Crippen LogP contribution in [0.5, 0.6) is 0 Å². The van der Waals surface area contributed by atoms with Crippen LogP contribution in [0.4, 0.5) is 0 Å². The molecule has 18 heavy (non-hydrogen) atoms. The van der Waals surface area contributed by atoms with E-state index in [1.54, 1.807) is 0 Å². The molecule has 0 aliphatic rings. The minimum absolute atomic E-state index is 0.121. The summed E-state index contributed by atoms with van der Waals surface area (Å²) in [7, 11) is -4.13. The molecule has 0 heterocycles. The van der Waals surface area contributed by atoms with E-state index in [0.29, 0.717) is 0 Å². The smallest absolute Gasteiger partial charge is 0.337 e. The Bertz CT molecular complexity index is 607. The van der Waals surface area contributed by atoms with E-state index in [1.807, 2.05) is 0 Å². The summed E-state index contributed by atoms with van der Waals surface area (Å²) in [5.41, 5.74) is -0.393. The molecule has 1 unspecified atom stereocenters. The fraction of sp³-hybridized carbons (Fsp3) is 0.200. The number of aromatic carboxylic acids is 1. The normalized spacial score (nSPS) is 13.0. The van der Waals surface area contributed by atoms with Crippen molar-refractivity contribution in [2.45, 2.75) is 17.1 Å². The number of benzene rings is 1. The predicted molar refractivity (Wildman–Crippen MR) is 62.7 cm³/mol. The van der Waals surface area contributed by atoms with Gasteiger partial charge in [-0.3, -0.25) is 4.79 Å². The van der Waals surface area contributed by atoms with E-state index < -0.39 is 32.6 Å². The van der Waals surface area contributed by atoms with Gasteiger partial charge in [0.15, 0.2) is 15.1 Å². The van der Waals surface area contributed by atoms with Gasteiger partial charge in [-0.25, -0.2) is 13.2 Å². The van der Waals surface area contributed by atoms with Gasteiger partial charge in [0.25, 0.3) is 0 Å². The van der Waals surface area contributed by atoms with E-state index in [9.17, 15) is 18.0 Å². The summed E-state index contributed by atoms with van der Waals surface area (Å²) >= 11 is 5.59. The first-order valence-electron chi connectivity index (χ1n) is 4.67. The van der Waals surface area contributed by atoms with Gasteiger partial charge < -0.3 is 10.2 Å². The number of hydrogen-bond donors (Lipinski definition) is 2. The lowest BCUT2D eigenvalue weighted by Crippen LogP contribution is -2.27. The maximum absolute atomic E-state index is 11.8. The van der Waals surface area contributed by atoms with E-state index in [-0.39, 0.29) is 9.92 Å². The maximum Gasteiger partial charge on any atom is 0.337 e. The van der Waals surface area contributed by atoms with Crippen LogP contribution in [0.15, 0.2) is 23.1 Å². The standard InChI is InChI=1S/C10H9ClO6S/c1-5(9(12)13)18(16,17)6-2-3-8(11)7(4-6)10(14)15/h2-5H,1H3,(H,12,13)(H,14,15). The summed E-state index contributed by atoms with van der Waals surface area (Å²) < 4.78 is 23.7. The Morgan fingerprint density at radius 1 is 1.28 bits per heavy atom. The fourth-order valence-electron chi connectivity index (χ4n) is 1.18. The molecule has 0 amide bonds. The topological polar surface area (TPSA) is 109 Å². The summed E-state index contributed by atoms with van der Waals surface area (Å²) in [6.45, 7) is 1.01. The van der Waals surface area contributed by atoms with Gasteiger partial charge in [0.2, 0.25) is 0 Å². The zero-order valence-corrected chi connectivity index (χ0v) is 10.7. The quantitative estimate of drug-likeness (QED) is 0.865. The van der Waals surface area contributed by atoms with E-state index in [1.165, 1.54) is 0 Å². The molecule has 2 N–H and O–H groups in total. The van der Waals surface area contributed by atoms with Gasteiger partial charge in [-0.1, -0.05) is 11.6 Å². The zero-order valence-electron chi connectivity index (χ0n) is 9.12. The van der Waals surface area contributed by atoms with Crippen molar-refractivity contribution in [3.05, 3.63) is 28.8 Å². The molecule has 0 aromatic heterocycles. The van der Waals surface area contributed by atoms with Crippen LogP contribution in [0.3, 0.4) is 0 Å². The second-order valence-electron chi connectivity index (χ2n) is 3.47. The molecule has 1 aromatic rings. The van der Waals surface area contributed by atoms with Crippen LogP contribution < -0.4 is 0 Å². The monoisotopic (exact) mass is 292 g/mol. The largest absolute Gasteiger partial charge is 0.480 e. The molecule has 6 nitrogen and oxygen atoms in total. The van der Waals surface area contributed by atoms with Crippen molar-refractivity contribution in [2.75, 3.05) is 0 Å². The summed E-state index contributed by atoms with van der Waals surface area (Å²) in [6.07, 6.45) is 0. The average molecular weight is 293 g/mol. The van der Waals surface area contributed by atoms with Crippen molar-refractivity contribution in [3.63, 3.8) is 0 Å².